The molecule has 0 saturated heterocycles. The Balaban J connectivity index is 3.28. The molecular formula is C6H5BrClNS. The van der Waals surface area contributed by atoms with Crippen molar-refractivity contribution in [1.82, 2.24) is 0 Å². The normalized spacial score (nSPS) is 9.90. The molecule has 0 fully saturated rings. The van der Waals surface area contributed by atoms with Gasteiger partial charge in [0.1, 0.15) is 0 Å². The molecule has 0 unspecified atom stereocenters. The van der Waals surface area contributed by atoms with Crippen molar-refractivity contribution in [3.8, 4) is 0 Å². The fraction of sp³-hybridized carbons (Fsp3) is 0. The average molecular weight is 239 g/mol. The first-order valence-corrected chi connectivity index (χ1v) is 4.16. The van der Waals surface area contributed by atoms with E-state index in [1.54, 1.807) is 12.1 Å². The summed E-state index contributed by atoms with van der Waals surface area (Å²) in [4.78, 5) is 0.733. The Morgan fingerprint density at radius 2 is 2.10 bits per heavy atom. The van der Waals surface area contributed by atoms with Crippen molar-refractivity contribution in [1.29, 1.82) is 0 Å². The quantitative estimate of drug-likeness (QED) is 0.527. The van der Waals surface area contributed by atoms with E-state index in [0.29, 0.717) is 10.7 Å². The molecule has 1 aromatic carbocycles. The predicted molar refractivity (Wildman–Crippen MR) is 50.8 cm³/mol. The summed E-state index contributed by atoms with van der Waals surface area (Å²) < 4.78 is 0.813. The molecule has 0 saturated carbocycles. The molecule has 54 valence electrons. The van der Waals surface area contributed by atoms with Crippen LogP contribution in [0, 0.1) is 0 Å². The third-order valence-corrected chi connectivity index (χ3v) is 2.65. The van der Waals surface area contributed by atoms with Crippen LogP contribution in [0.5, 0.6) is 0 Å². The van der Waals surface area contributed by atoms with Crippen LogP contribution in [-0.2, 0) is 0 Å². The monoisotopic (exact) mass is 237 g/mol. The first kappa shape index (κ1) is 8.24. The lowest BCUT2D eigenvalue weighted by Gasteiger charge is -2.00. The van der Waals surface area contributed by atoms with Crippen LogP contribution in [0.3, 0.4) is 0 Å². The van der Waals surface area contributed by atoms with Crippen LogP contribution in [0.15, 0.2) is 21.5 Å². The summed E-state index contributed by atoms with van der Waals surface area (Å²) >= 11 is 13.1. The zero-order chi connectivity index (χ0) is 7.72. The standard InChI is InChI=1S/C6H5BrClNS/c7-3-1-6(10)5(9)2-4(3)8/h1-2,10H,9H2. The fourth-order valence-corrected chi connectivity index (χ4v) is 1.44. The summed E-state index contributed by atoms with van der Waals surface area (Å²) in [6, 6.07) is 3.43. The van der Waals surface area contributed by atoms with Gasteiger partial charge in [-0.25, -0.2) is 0 Å². The Morgan fingerprint density at radius 1 is 1.50 bits per heavy atom. The van der Waals surface area contributed by atoms with Gasteiger partial charge < -0.3 is 5.73 Å². The molecule has 1 rings (SSSR count). The van der Waals surface area contributed by atoms with Crippen LogP contribution in [0.25, 0.3) is 0 Å². The second-order valence-electron chi connectivity index (χ2n) is 1.83. The van der Waals surface area contributed by atoms with Crippen LogP contribution in [-0.4, -0.2) is 0 Å². The van der Waals surface area contributed by atoms with Crippen molar-refractivity contribution >= 4 is 45.8 Å². The number of hydrogen-bond acceptors (Lipinski definition) is 2. The van der Waals surface area contributed by atoms with Gasteiger partial charge in [-0.2, -0.15) is 0 Å². The van der Waals surface area contributed by atoms with Crippen molar-refractivity contribution in [2.45, 2.75) is 4.90 Å². The maximum atomic E-state index is 5.73. The Kier molecular flexibility index (Phi) is 2.50. The molecule has 4 heteroatoms. The summed E-state index contributed by atoms with van der Waals surface area (Å²) in [6.07, 6.45) is 0. The molecule has 0 aromatic heterocycles. The highest BCUT2D eigenvalue weighted by molar-refractivity contribution is 9.10. The lowest BCUT2D eigenvalue weighted by Crippen LogP contribution is -1.86. The molecule has 1 nitrogen and oxygen atoms in total. The number of benzene rings is 1. The van der Waals surface area contributed by atoms with Crippen LogP contribution >= 0.6 is 40.2 Å². The van der Waals surface area contributed by atoms with Crippen molar-refractivity contribution in [3.05, 3.63) is 21.6 Å². The van der Waals surface area contributed by atoms with Gasteiger partial charge in [-0.05, 0) is 28.1 Å². The van der Waals surface area contributed by atoms with Gasteiger partial charge >= 0.3 is 0 Å². The molecule has 1 aromatic rings. The smallest absolute Gasteiger partial charge is 0.0569 e. The molecule has 2 N–H and O–H groups in total. The molecule has 0 aliphatic carbocycles. The number of hydrogen-bond donors (Lipinski definition) is 2. The molecule has 0 amide bonds. The molecule has 0 atom stereocenters. The molecule has 0 aliphatic heterocycles. The second-order valence-corrected chi connectivity index (χ2v) is 3.57. The first-order chi connectivity index (χ1) is 4.61. The van der Waals surface area contributed by atoms with E-state index in [0.717, 1.165) is 9.37 Å². The predicted octanol–water partition coefficient (Wildman–Crippen LogP) is 2.97. The summed E-state index contributed by atoms with van der Waals surface area (Å²) in [7, 11) is 0. The minimum absolute atomic E-state index is 0.594. The van der Waals surface area contributed by atoms with E-state index in [2.05, 4.69) is 28.6 Å². The van der Waals surface area contributed by atoms with Crippen molar-refractivity contribution in [3.63, 3.8) is 0 Å². The van der Waals surface area contributed by atoms with E-state index in [1.165, 1.54) is 0 Å². The summed E-state index contributed by atoms with van der Waals surface area (Å²) in [5.41, 5.74) is 6.10. The fourth-order valence-electron chi connectivity index (χ4n) is 0.552. The zero-order valence-electron chi connectivity index (χ0n) is 4.94. The number of thiol groups is 1. The third-order valence-electron chi connectivity index (χ3n) is 1.07. The van der Waals surface area contributed by atoms with E-state index < -0.39 is 0 Å². The average Bonchev–Trinajstić information content (AvgIpc) is 1.84. The molecule has 0 bridgehead atoms. The highest BCUT2D eigenvalue weighted by Crippen LogP contribution is 2.29. The largest absolute Gasteiger partial charge is 0.398 e. The Bertz CT molecular complexity index is 214. The Hall–Kier alpha value is 0.140. The van der Waals surface area contributed by atoms with E-state index in [1.807, 2.05) is 0 Å². The summed E-state index contributed by atoms with van der Waals surface area (Å²) in [5.74, 6) is 0. The highest BCUT2D eigenvalue weighted by atomic mass is 79.9. The third kappa shape index (κ3) is 1.59. The molecule has 0 radical (unpaired) electrons. The maximum Gasteiger partial charge on any atom is 0.0569 e. The van der Waals surface area contributed by atoms with Gasteiger partial charge in [0.15, 0.2) is 0 Å². The summed E-state index contributed by atoms with van der Waals surface area (Å²) in [5, 5.41) is 0.607. The number of halogens is 2. The van der Waals surface area contributed by atoms with Gasteiger partial charge in [-0.1, -0.05) is 11.6 Å². The Labute approximate surface area is 78.1 Å². The molecule has 0 heterocycles. The number of nitrogen functional groups attached to an aromatic ring is 1. The summed E-state index contributed by atoms with van der Waals surface area (Å²) in [6.45, 7) is 0. The molecule has 0 aliphatic rings. The van der Waals surface area contributed by atoms with E-state index in [9.17, 15) is 0 Å². The molecular weight excluding hydrogens is 233 g/mol. The Morgan fingerprint density at radius 3 is 2.60 bits per heavy atom. The lowest BCUT2D eigenvalue weighted by molar-refractivity contribution is 1.45. The SMILES string of the molecule is Nc1cc(Cl)c(Br)cc1S. The zero-order valence-corrected chi connectivity index (χ0v) is 8.17. The number of anilines is 1. The van der Waals surface area contributed by atoms with E-state index in [4.69, 9.17) is 17.3 Å². The molecule has 10 heavy (non-hydrogen) atoms. The number of rotatable bonds is 0. The van der Waals surface area contributed by atoms with Gasteiger partial charge in [-0.15, -0.1) is 12.6 Å². The minimum atomic E-state index is 0.594. The lowest BCUT2D eigenvalue weighted by atomic mass is 10.3. The first-order valence-electron chi connectivity index (χ1n) is 2.54. The van der Waals surface area contributed by atoms with Crippen molar-refractivity contribution < 1.29 is 0 Å². The van der Waals surface area contributed by atoms with Crippen molar-refractivity contribution in [2.75, 3.05) is 5.73 Å². The minimum Gasteiger partial charge on any atom is -0.398 e. The second kappa shape index (κ2) is 3.03. The highest BCUT2D eigenvalue weighted by Gasteiger charge is 1.99. The van der Waals surface area contributed by atoms with Crippen molar-refractivity contribution in [2.24, 2.45) is 0 Å². The van der Waals surface area contributed by atoms with E-state index in [-0.39, 0.29) is 0 Å². The van der Waals surface area contributed by atoms with Crippen LogP contribution in [0.1, 0.15) is 0 Å². The maximum absolute atomic E-state index is 5.73. The van der Waals surface area contributed by atoms with Gasteiger partial charge in [-0.3, -0.25) is 0 Å². The van der Waals surface area contributed by atoms with Gasteiger partial charge in [0, 0.05) is 15.1 Å². The van der Waals surface area contributed by atoms with Gasteiger partial charge in [0.05, 0.1) is 5.02 Å². The van der Waals surface area contributed by atoms with Crippen LogP contribution in [0.2, 0.25) is 5.02 Å². The van der Waals surface area contributed by atoms with Gasteiger partial charge in [0.2, 0.25) is 0 Å². The number of nitrogens with two attached hydrogens (primary N) is 1. The van der Waals surface area contributed by atoms with Crippen LogP contribution in [0.4, 0.5) is 5.69 Å². The molecule has 0 spiro atoms. The van der Waals surface area contributed by atoms with Gasteiger partial charge in [0.25, 0.3) is 0 Å². The van der Waals surface area contributed by atoms with Crippen LogP contribution < -0.4 is 5.73 Å². The topological polar surface area (TPSA) is 26.0 Å². The van der Waals surface area contributed by atoms with E-state index >= 15 is 0 Å².